The standard InChI is InChI=1S/C24H32N2O3/c1-2-28-22-12-5-6-13-23(22)29-17-9-14-24(27)25-18-20-10-3-4-11-21(20)19-26-15-7-8-16-26/h3-6,10-13H,2,7-9,14-19H2,1H3,(H,25,27). The maximum absolute atomic E-state index is 12.3. The average Bonchev–Trinajstić information content (AvgIpc) is 3.25. The van der Waals surface area contributed by atoms with Crippen molar-refractivity contribution in [3.05, 3.63) is 59.7 Å². The fraction of sp³-hybridized carbons (Fsp3) is 0.458. The largest absolute Gasteiger partial charge is 0.490 e. The first-order chi connectivity index (χ1) is 14.3. The van der Waals surface area contributed by atoms with E-state index < -0.39 is 0 Å². The summed E-state index contributed by atoms with van der Waals surface area (Å²) in [7, 11) is 0. The zero-order valence-corrected chi connectivity index (χ0v) is 17.4. The van der Waals surface area contributed by atoms with Crippen LogP contribution < -0.4 is 14.8 Å². The fourth-order valence-corrected chi connectivity index (χ4v) is 3.61. The zero-order valence-electron chi connectivity index (χ0n) is 17.4. The molecule has 0 bridgehead atoms. The Bertz CT molecular complexity index is 772. The minimum Gasteiger partial charge on any atom is -0.490 e. The quantitative estimate of drug-likeness (QED) is 0.580. The lowest BCUT2D eigenvalue weighted by Gasteiger charge is -2.17. The Morgan fingerprint density at radius 1 is 0.966 bits per heavy atom. The first-order valence-electron chi connectivity index (χ1n) is 10.7. The summed E-state index contributed by atoms with van der Waals surface area (Å²) in [6.07, 6.45) is 3.69. The highest BCUT2D eigenvalue weighted by atomic mass is 16.5. The van der Waals surface area contributed by atoms with Gasteiger partial charge >= 0.3 is 0 Å². The van der Waals surface area contributed by atoms with Crippen molar-refractivity contribution in [3.63, 3.8) is 0 Å². The van der Waals surface area contributed by atoms with E-state index in [4.69, 9.17) is 9.47 Å². The first-order valence-corrected chi connectivity index (χ1v) is 10.7. The Morgan fingerprint density at radius 2 is 1.62 bits per heavy atom. The van der Waals surface area contributed by atoms with Gasteiger partial charge in [-0.15, -0.1) is 0 Å². The monoisotopic (exact) mass is 396 g/mol. The predicted molar refractivity (Wildman–Crippen MR) is 115 cm³/mol. The van der Waals surface area contributed by atoms with Crippen LogP contribution in [0.2, 0.25) is 0 Å². The van der Waals surface area contributed by atoms with E-state index in [-0.39, 0.29) is 5.91 Å². The number of likely N-dealkylation sites (tertiary alicyclic amines) is 1. The molecule has 29 heavy (non-hydrogen) atoms. The smallest absolute Gasteiger partial charge is 0.220 e. The van der Waals surface area contributed by atoms with Crippen LogP contribution in [0.25, 0.3) is 0 Å². The van der Waals surface area contributed by atoms with Crippen molar-refractivity contribution in [1.82, 2.24) is 10.2 Å². The van der Waals surface area contributed by atoms with E-state index in [2.05, 4.69) is 28.4 Å². The maximum atomic E-state index is 12.3. The molecule has 3 rings (SSSR count). The molecule has 1 amide bonds. The Morgan fingerprint density at radius 3 is 2.34 bits per heavy atom. The summed E-state index contributed by atoms with van der Waals surface area (Å²) in [4.78, 5) is 14.7. The van der Waals surface area contributed by atoms with Gasteiger partial charge in [-0.3, -0.25) is 9.69 Å². The van der Waals surface area contributed by atoms with E-state index in [1.807, 2.05) is 37.3 Å². The molecule has 0 atom stereocenters. The van der Waals surface area contributed by atoms with Crippen molar-refractivity contribution < 1.29 is 14.3 Å². The van der Waals surface area contributed by atoms with Gasteiger partial charge in [0.05, 0.1) is 13.2 Å². The lowest BCUT2D eigenvalue weighted by atomic mass is 10.1. The number of carbonyl (C=O) groups is 1. The molecule has 0 spiro atoms. The van der Waals surface area contributed by atoms with Crippen LogP contribution in [-0.4, -0.2) is 37.1 Å². The second-order valence-electron chi connectivity index (χ2n) is 7.36. The second-order valence-corrected chi connectivity index (χ2v) is 7.36. The predicted octanol–water partition coefficient (Wildman–Crippen LogP) is 4.16. The van der Waals surface area contributed by atoms with Crippen LogP contribution >= 0.6 is 0 Å². The van der Waals surface area contributed by atoms with Crippen LogP contribution in [0.4, 0.5) is 0 Å². The van der Waals surface area contributed by atoms with Crippen molar-refractivity contribution in [2.75, 3.05) is 26.3 Å². The van der Waals surface area contributed by atoms with Crippen LogP contribution in [0.3, 0.4) is 0 Å². The summed E-state index contributed by atoms with van der Waals surface area (Å²) in [6.45, 7) is 6.94. The number of hydrogen-bond acceptors (Lipinski definition) is 4. The van der Waals surface area contributed by atoms with Crippen molar-refractivity contribution in [2.24, 2.45) is 0 Å². The van der Waals surface area contributed by atoms with Crippen molar-refractivity contribution in [3.8, 4) is 11.5 Å². The molecule has 5 nitrogen and oxygen atoms in total. The molecular formula is C24H32N2O3. The molecule has 2 aromatic carbocycles. The summed E-state index contributed by atoms with van der Waals surface area (Å²) in [5.74, 6) is 1.53. The van der Waals surface area contributed by atoms with Crippen LogP contribution in [0.15, 0.2) is 48.5 Å². The Labute approximate surface area is 174 Å². The molecule has 1 aliphatic heterocycles. The highest BCUT2D eigenvalue weighted by Gasteiger charge is 2.14. The van der Waals surface area contributed by atoms with E-state index in [9.17, 15) is 4.79 Å². The van der Waals surface area contributed by atoms with E-state index in [1.165, 1.54) is 37.1 Å². The molecule has 1 aliphatic rings. The summed E-state index contributed by atoms with van der Waals surface area (Å²) >= 11 is 0. The number of benzene rings is 2. The van der Waals surface area contributed by atoms with Gasteiger partial charge in [-0.2, -0.15) is 0 Å². The third-order valence-corrected chi connectivity index (χ3v) is 5.14. The van der Waals surface area contributed by atoms with Gasteiger partial charge in [-0.05, 0) is 62.5 Å². The van der Waals surface area contributed by atoms with Crippen molar-refractivity contribution in [1.29, 1.82) is 0 Å². The van der Waals surface area contributed by atoms with Gasteiger partial charge in [-0.25, -0.2) is 0 Å². The van der Waals surface area contributed by atoms with Crippen molar-refractivity contribution in [2.45, 2.75) is 45.7 Å². The van der Waals surface area contributed by atoms with Crippen LogP contribution in [0, 0.1) is 0 Å². The van der Waals surface area contributed by atoms with Crippen LogP contribution in [-0.2, 0) is 17.9 Å². The molecule has 1 saturated heterocycles. The molecular weight excluding hydrogens is 364 g/mol. The minimum absolute atomic E-state index is 0.0580. The van der Waals surface area contributed by atoms with Gasteiger partial charge < -0.3 is 14.8 Å². The number of rotatable bonds is 11. The fourth-order valence-electron chi connectivity index (χ4n) is 3.61. The molecule has 156 valence electrons. The number of nitrogens with zero attached hydrogens (tertiary/aromatic N) is 1. The van der Waals surface area contributed by atoms with Crippen LogP contribution in [0.5, 0.6) is 11.5 Å². The highest BCUT2D eigenvalue weighted by Crippen LogP contribution is 2.26. The molecule has 0 aromatic heterocycles. The zero-order chi connectivity index (χ0) is 20.3. The molecule has 1 N–H and O–H groups in total. The summed E-state index contributed by atoms with van der Waals surface area (Å²) in [6, 6.07) is 16.0. The van der Waals surface area contributed by atoms with Gasteiger partial charge in [0, 0.05) is 19.5 Å². The van der Waals surface area contributed by atoms with Gasteiger partial charge in [0.1, 0.15) is 0 Å². The Hall–Kier alpha value is -2.53. The summed E-state index contributed by atoms with van der Waals surface area (Å²) in [5, 5.41) is 3.06. The highest BCUT2D eigenvalue weighted by molar-refractivity contribution is 5.75. The lowest BCUT2D eigenvalue weighted by molar-refractivity contribution is -0.121. The first kappa shape index (κ1) is 21.2. The summed E-state index contributed by atoms with van der Waals surface area (Å²) in [5.41, 5.74) is 2.51. The lowest BCUT2D eigenvalue weighted by Crippen LogP contribution is -2.25. The Balaban J connectivity index is 1.39. The Kier molecular flexibility index (Phi) is 8.38. The molecule has 0 radical (unpaired) electrons. The third-order valence-electron chi connectivity index (χ3n) is 5.14. The number of hydrogen-bond donors (Lipinski definition) is 1. The number of carbonyl (C=O) groups excluding carboxylic acids is 1. The number of ether oxygens (including phenoxy) is 2. The maximum Gasteiger partial charge on any atom is 0.220 e. The van der Waals surface area contributed by atoms with Gasteiger partial charge in [0.25, 0.3) is 0 Å². The van der Waals surface area contributed by atoms with Crippen molar-refractivity contribution >= 4 is 5.91 Å². The summed E-state index contributed by atoms with van der Waals surface area (Å²) < 4.78 is 11.3. The molecule has 0 unspecified atom stereocenters. The minimum atomic E-state index is 0.0580. The molecule has 1 fully saturated rings. The van der Waals surface area contributed by atoms with Crippen LogP contribution in [0.1, 0.15) is 43.7 Å². The number of nitrogens with one attached hydrogen (secondary N) is 1. The third kappa shape index (κ3) is 6.79. The second kappa shape index (κ2) is 11.5. The number of para-hydroxylation sites is 2. The SMILES string of the molecule is CCOc1ccccc1OCCCC(=O)NCc1ccccc1CN1CCCC1. The van der Waals surface area contributed by atoms with Gasteiger partial charge in [0.2, 0.25) is 5.91 Å². The molecule has 0 saturated carbocycles. The van der Waals surface area contributed by atoms with E-state index in [0.29, 0.717) is 32.6 Å². The van der Waals surface area contributed by atoms with E-state index in [0.717, 1.165) is 18.0 Å². The molecule has 1 heterocycles. The average molecular weight is 397 g/mol. The van der Waals surface area contributed by atoms with E-state index >= 15 is 0 Å². The van der Waals surface area contributed by atoms with E-state index in [1.54, 1.807) is 0 Å². The normalized spacial score (nSPS) is 14.0. The topological polar surface area (TPSA) is 50.8 Å². The molecule has 0 aliphatic carbocycles. The molecule has 2 aromatic rings. The molecule has 5 heteroatoms. The van der Waals surface area contributed by atoms with Gasteiger partial charge in [-0.1, -0.05) is 36.4 Å². The number of amides is 1. The van der Waals surface area contributed by atoms with Gasteiger partial charge in [0.15, 0.2) is 11.5 Å².